The van der Waals surface area contributed by atoms with Gasteiger partial charge in [0.15, 0.2) is 0 Å². The summed E-state index contributed by atoms with van der Waals surface area (Å²) in [5.41, 5.74) is -1.78. The van der Waals surface area contributed by atoms with Gasteiger partial charge in [0, 0.05) is 18.4 Å². The number of sulfonamides is 1. The molecule has 2 rings (SSSR count). The lowest BCUT2D eigenvalue weighted by atomic mass is 9.54. The molecule has 0 bridgehead atoms. The Hall–Kier alpha value is -1.44. The third kappa shape index (κ3) is 2.85. The minimum Gasteiger partial charge on any atom is -0.480 e. The maximum atomic E-state index is 12.9. The van der Waals surface area contributed by atoms with Gasteiger partial charge in [0.2, 0.25) is 10.0 Å². The molecule has 0 amide bonds. The summed E-state index contributed by atoms with van der Waals surface area (Å²) in [4.78, 5) is 12.1. The van der Waals surface area contributed by atoms with E-state index >= 15 is 0 Å². The van der Waals surface area contributed by atoms with Crippen LogP contribution < -0.4 is 4.72 Å². The largest absolute Gasteiger partial charge is 0.480 e. The van der Waals surface area contributed by atoms with Gasteiger partial charge >= 0.3 is 5.97 Å². The second kappa shape index (κ2) is 6.46. The minimum atomic E-state index is -3.96. The van der Waals surface area contributed by atoms with Gasteiger partial charge in [-0.25, -0.2) is 8.42 Å². The highest BCUT2D eigenvalue weighted by Crippen LogP contribution is 2.52. The van der Waals surface area contributed by atoms with Gasteiger partial charge in [-0.2, -0.15) is 4.72 Å². The van der Waals surface area contributed by atoms with E-state index in [1.54, 1.807) is 32.0 Å². The van der Waals surface area contributed by atoms with Crippen LogP contribution in [0.2, 0.25) is 0 Å². The fourth-order valence-electron chi connectivity index (χ4n) is 3.33. The molecule has 1 aromatic rings. The summed E-state index contributed by atoms with van der Waals surface area (Å²) >= 11 is 0. The van der Waals surface area contributed by atoms with Gasteiger partial charge in [-0.1, -0.05) is 39.0 Å². The number of benzene rings is 1. The van der Waals surface area contributed by atoms with E-state index in [0.29, 0.717) is 18.6 Å². The Kier molecular flexibility index (Phi) is 5.09. The Balaban J connectivity index is 2.41. The number of rotatable bonds is 7. The third-order valence-electron chi connectivity index (χ3n) is 5.08. The van der Waals surface area contributed by atoms with Gasteiger partial charge in [-0.3, -0.25) is 4.79 Å². The minimum absolute atomic E-state index is 0.108. The number of ether oxygens (including phenoxy) is 1. The number of carboxylic acid groups (broad SMARTS) is 1. The zero-order chi connectivity index (χ0) is 18.2. The van der Waals surface area contributed by atoms with Crippen LogP contribution in [0.25, 0.3) is 0 Å². The van der Waals surface area contributed by atoms with Crippen LogP contribution in [0.5, 0.6) is 0 Å². The van der Waals surface area contributed by atoms with Crippen molar-refractivity contribution < 1.29 is 23.1 Å². The van der Waals surface area contributed by atoms with E-state index < -0.39 is 26.9 Å². The average molecular weight is 355 g/mol. The van der Waals surface area contributed by atoms with Crippen molar-refractivity contribution in [1.29, 1.82) is 0 Å². The van der Waals surface area contributed by atoms with Gasteiger partial charge in [0.25, 0.3) is 0 Å². The summed E-state index contributed by atoms with van der Waals surface area (Å²) in [5, 5.41) is 9.76. The molecule has 2 N–H and O–H groups in total. The van der Waals surface area contributed by atoms with Gasteiger partial charge < -0.3 is 9.84 Å². The third-order valence-corrected chi connectivity index (χ3v) is 6.68. The topological polar surface area (TPSA) is 92.7 Å². The number of carbonyl (C=O) groups is 1. The summed E-state index contributed by atoms with van der Waals surface area (Å²) in [7, 11) is -3.96. The monoisotopic (exact) mass is 355 g/mol. The van der Waals surface area contributed by atoms with Gasteiger partial charge in [0.1, 0.15) is 5.54 Å². The zero-order valence-corrected chi connectivity index (χ0v) is 15.3. The molecule has 0 radical (unpaired) electrons. The molecule has 24 heavy (non-hydrogen) atoms. The van der Waals surface area contributed by atoms with E-state index in [1.165, 1.54) is 6.07 Å². The molecule has 1 aromatic carbocycles. The molecule has 134 valence electrons. The van der Waals surface area contributed by atoms with Crippen LogP contribution in [-0.4, -0.2) is 37.7 Å². The molecule has 6 nitrogen and oxygen atoms in total. The fourth-order valence-corrected chi connectivity index (χ4v) is 5.15. The molecule has 0 spiro atoms. The van der Waals surface area contributed by atoms with E-state index in [0.717, 1.165) is 0 Å². The maximum Gasteiger partial charge on any atom is 0.325 e. The summed E-state index contributed by atoms with van der Waals surface area (Å²) < 4.78 is 33.8. The first-order valence-electron chi connectivity index (χ1n) is 8.09. The first kappa shape index (κ1) is 18.9. The molecule has 0 saturated heterocycles. The lowest BCUT2D eigenvalue weighted by molar-refractivity contribution is -0.188. The average Bonchev–Trinajstić information content (AvgIpc) is 2.53. The van der Waals surface area contributed by atoms with Crippen LogP contribution in [0.3, 0.4) is 0 Å². The van der Waals surface area contributed by atoms with Crippen LogP contribution in [0.15, 0.2) is 29.2 Å². The van der Waals surface area contributed by atoms with E-state index in [1.807, 2.05) is 13.8 Å². The number of aliphatic carboxylic acids is 1. The van der Waals surface area contributed by atoms with Gasteiger partial charge in [-0.15, -0.1) is 0 Å². The van der Waals surface area contributed by atoms with E-state index in [-0.39, 0.29) is 17.4 Å². The van der Waals surface area contributed by atoms with Crippen LogP contribution >= 0.6 is 0 Å². The van der Waals surface area contributed by atoms with Gasteiger partial charge in [0.05, 0.1) is 11.0 Å². The molecule has 1 aliphatic rings. The smallest absolute Gasteiger partial charge is 0.325 e. The number of carboxylic acids is 1. The van der Waals surface area contributed by atoms with Crippen LogP contribution in [-0.2, 0) is 26.0 Å². The zero-order valence-electron chi connectivity index (χ0n) is 14.5. The SMILES string of the molecule is CCOC1CC(NS(=O)(=O)c2ccccc2CC)(C(=O)O)C1(C)C. The fraction of sp³-hybridized carbons (Fsp3) is 0.588. The quantitative estimate of drug-likeness (QED) is 0.782. The molecule has 1 fully saturated rings. The van der Waals surface area contributed by atoms with Crippen molar-refractivity contribution >= 4 is 16.0 Å². The van der Waals surface area contributed by atoms with Crippen LogP contribution in [0.4, 0.5) is 0 Å². The van der Waals surface area contributed by atoms with Crippen LogP contribution in [0.1, 0.15) is 39.7 Å². The highest BCUT2D eigenvalue weighted by molar-refractivity contribution is 7.89. The van der Waals surface area contributed by atoms with Crippen molar-refractivity contribution in [2.45, 2.75) is 57.1 Å². The van der Waals surface area contributed by atoms with E-state index in [9.17, 15) is 18.3 Å². The standard InChI is InChI=1S/C17H25NO5S/c1-5-12-9-7-8-10-13(12)24(21,22)18-17(15(19)20)11-14(23-6-2)16(17,3)4/h7-10,14,18H,5-6,11H2,1-4H3,(H,19,20). The summed E-state index contributed by atoms with van der Waals surface area (Å²) in [6.45, 7) is 7.59. The Morgan fingerprint density at radius 3 is 2.46 bits per heavy atom. The number of aryl methyl sites for hydroxylation is 1. The van der Waals surface area contributed by atoms with Crippen molar-refractivity contribution in [3.05, 3.63) is 29.8 Å². The molecule has 0 heterocycles. The number of hydrogen-bond donors (Lipinski definition) is 2. The lowest BCUT2D eigenvalue weighted by Gasteiger charge is -2.58. The Morgan fingerprint density at radius 2 is 1.96 bits per heavy atom. The van der Waals surface area contributed by atoms with E-state index in [2.05, 4.69) is 4.72 Å². The highest BCUT2D eigenvalue weighted by atomic mass is 32.2. The number of nitrogens with one attached hydrogen (secondary N) is 1. The van der Waals surface area contributed by atoms with E-state index in [4.69, 9.17) is 4.74 Å². The Bertz CT molecular complexity index is 728. The molecule has 1 aliphatic carbocycles. The maximum absolute atomic E-state index is 12.9. The van der Waals surface area contributed by atoms with Crippen molar-refractivity contribution in [1.82, 2.24) is 4.72 Å². The normalized spacial score (nSPS) is 25.9. The summed E-state index contributed by atoms with van der Waals surface area (Å²) in [5.74, 6) is -1.18. The first-order chi connectivity index (χ1) is 11.1. The molecular weight excluding hydrogens is 330 g/mol. The lowest BCUT2D eigenvalue weighted by Crippen LogP contribution is -2.76. The Morgan fingerprint density at radius 1 is 1.33 bits per heavy atom. The van der Waals surface area contributed by atoms with Crippen molar-refractivity contribution in [3.63, 3.8) is 0 Å². The van der Waals surface area contributed by atoms with Crippen LogP contribution in [0, 0.1) is 5.41 Å². The highest BCUT2D eigenvalue weighted by Gasteiger charge is 2.67. The molecule has 0 aliphatic heterocycles. The first-order valence-corrected chi connectivity index (χ1v) is 9.57. The number of hydrogen-bond acceptors (Lipinski definition) is 4. The predicted octanol–water partition coefficient (Wildman–Crippen LogP) is 2.19. The Labute approximate surface area is 143 Å². The molecule has 0 aromatic heterocycles. The second-order valence-corrected chi connectivity index (χ2v) is 8.30. The second-order valence-electron chi connectivity index (χ2n) is 6.65. The predicted molar refractivity (Wildman–Crippen MR) is 90.3 cm³/mol. The molecule has 7 heteroatoms. The molecule has 2 unspecified atom stereocenters. The summed E-state index contributed by atoms with van der Waals surface area (Å²) in [6, 6.07) is 6.64. The van der Waals surface area contributed by atoms with Gasteiger partial charge in [-0.05, 0) is 25.0 Å². The molecule has 1 saturated carbocycles. The van der Waals surface area contributed by atoms with Crippen molar-refractivity contribution in [2.24, 2.45) is 5.41 Å². The molecular formula is C17H25NO5S. The van der Waals surface area contributed by atoms with Crippen molar-refractivity contribution in [2.75, 3.05) is 6.61 Å². The van der Waals surface area contributed by atoms with Crippen molar-refractivity contribution in [3.8, 4) is 0 Å². The molecule has 2 atom stereocenters. The summed E-state index contributed by atoms with van der Waals surface area (Å²) in [6.07, 6.45) is 0.349.